The molecule has 4 rings (SSSR count). The summed E-state index contributed by atoms with van der Waals surface area (Å²) in [5.41, 5.74) is 0. The van der Waals surface area contributed by atoms with E-state index in [0.717, 1.165) is 22.5 Å². The molecule has 3 nitrogen and oxygen atoms in total. The van der Waals surface area contributed by atoms with Gasteiger partial charge in [-0.1, -0.05) is 0 Å². The fourth-order valence-corrected chi connectivity index (χ4v) is 10.4. The molecule has 9 heteroatoms. The van der Waals surface area contributed by atoms with E-state index >= 15 is 0 Å². The Morgan fingerprint density at radius 1 is 0.400 bits per heavy atom. The third-order valence-electron chi connectivity index (χ3n) is 3.64. The molecule has 0 unspecified atom stereocenters. The van der Waals surface area contributed by atoms with Crippen molar-refractivity contribution in [2.45, 2.75) is 0 Å². The Balaban J connectivity index is 1.64. The van der Waals surface area contributed by atoms with Crippen molar-refractivity contribution in [3.8, 4) is 0 Å². The maximum atomic E-state index is 13.2. The molecule has 0 radical (unpaired) electrons. The fourth-order valence-electron chi connectivity index (χ4n) is 2.28. The average Bonchev–Trinajstić information content (AvgIpc) is 2.73. The number of halogens is 3. The molecule has 0 N–H and O–H groups in total. The van der Waals surface area contributed by atoms with Crippen LogP contribution in [0.2, 0.25) is 0 Å². The zero-order valence-electron chi connectivity index (χ0n) is 15.1. The van der Waals surface area contributed by atoms with Gasteiger partial charge in [-0.15, -0.1) is 0 Å². The van der Waals surface area contributed by atoms with E-state index in [1.54, 1.807) is 36.4 Å². The summed E-state index contributed by atoms with van der Waals surface area (Å²) in [6, 6.07) is 19.3. The van der Waals surface area contributed by atoms with Gasteiger partial charge in [0.15, 0.2) is 0 Å². The van der Waals surface area contributed by atoms with Crippen molar-refractivity contribution in [1.82, 2.24) is 15.0 Å². The Kier molecular flexibility index (Phi) is 7.66. The van der Waals surface area contributed by atoms with Crippen LogP contribution in [0.4, 0.5) is 13.2 Å². The van der Waals surface area contributed by atoms with Crippen molar-refractivity contribution in [3.05, 3.63) is 90.2 Å². The van der Waals surface area contributed by atoms with E-state index < -0.39 is 62.8 Å². The first-order valence-corrected chi connectivity index (χ1v) is 15.6. The maximum absolute atomic E-state index is 13.2. The second kappa shape index (κ2) is 10.4. The Labute approximate surface area is 201 Å². The summed E-state index contributed by atoms with van der Waals surface area (Å²) in [7, 11) is 0. The number of rotatable bonds is 6. The molecule has 0 aliphatic heterocycles. The first kappa shape index (κ1) is 22.0. The summed E-state index contributed by atoms with van der Waals surface area (Å²) in [6.07, 6.45) is 0. The molecule has 0 aliphatic rings. The Hall–Kier alpha value is -1.17. The van der Waals surface area contributed by atoms with E-state index in [1.165, 1.54) is 36.4 Å². The van der Waals surface area contributed by atoms with Crippen LogP contribution in [0, 0.1) is 17.5 Å². The van der Waals surface area contributed by atoms with Gasteiger partial charge < -0.3 is 0 Å². The molecule has 0 saturated carbocycles. The quantitative estimate of drug-likeness (QED) is 0.245. The van der Waals surface area contributed by atoms with Gasteiger partial charge in [-0.3, -0.25) is 0 Å². The minimum atomic E-state index is -0.898. The van der Waals surface area contributed by atoms with Crippen molar-refractivity contribution in [2.24, 2.45) is 0 Å². The Morgan fingerprint density at radius 3 is 0.867 bits per heavy atom. The molecular weight excluding hydrogens is 734 g/mol. The Bertz CT molecular complexity index is 980. The van der Waals surface area contributed by atoms with Crippen molar-refractivity contribution in [3.63, 3.8) is 0 Å². The fraction of sp³-hybridized carbons (Fsp3) is 0. The summed E-state index contributed by atoms with van der Waals surface area (Å²) >= 11 is -2.69. The molecule has 150 valence electrons. The normalized spacial score (nSPS) is 10.9. The van der Waals surface area contributed by atoms with Crippen LogP contribution in [0.3, 0.4) is 0 Å². The molecule has 1 heterocycles. The second-order valence-corrected chi connectivity index (χ2v) is 14.8. The molecule has 0 saturated heterocycles. The molecular formula is C21H12F3N3Te3. The minimum absolute atomic E-state index is 0.269. The molecule has 0 fully saturated rings. The standard InChI is InChI=1S/C21H12F3N3Te3/c22-13-1-7-16(8-2-13)28-19-25-20(29-17-9-3-14(23)4-10-17)27-21(26-19)30-18-11-5-15(24)6-12-18/h1-12H. The van der Waals surface area contributed by atoms with Crippen LogP contribution in [0.1, 0.15) is 0 Å². The summed E-state index contributed by atoms with van der Waals surface area (Å²) < 4.78 is 45.1. The van der Waals surface area contributed by atoms with Crippen LogP contribution in [0.15, 0.2) is 72.8 Å². The summed E-state index contributed by atoms with van der Waals surface area (Å²) in [5.74, 6) is -0.806. The van der Waals surface area contributed by atoms with Crippen molar-refractivity contribution in [2.75, 3.05) is 0 Å². The van der Waals surface area contributed by atoms with Crippen LogP contribution in [0.25, 0.3) is 0 Å². The molecule has 0 atom stereocenters. The van der Waals surface area contributed by atoms with E-state index in [2.05, 4.69) is 0 Å². The Morgan fingerprint density at radius 2 is 0.633 bits per heavy atom. The molecule has 1 aromatic heterocycles. The monoisotopic (exact) mass is 753 g/mol. The van der Waals surface area contributed by atoms with Gasteiger partial charge in [-0.2, -0.15) is 0 Å². The van der Waals surface area contributed by atoms with Crippen molar-refractivity contribution in [1.29, 1.82) is 0 Å². The summed E-state index contributed by atoms with van der Waals surface area (Å²) in [4.78, 5) is 14.1. The first-order valence-electron chi connectivity index (χ1n) is 8.60. The molecule has 4 aromatic rings. The van der Waals surface area contributed by atoms with Gasteiger partial charge in [0.05, 0.1) is 0 Å². The third-order valence-corrected chi connectivity index (χ3v) is 11.1. The van der Waals surface area contributed by atoms with Crippen LogP contribution >= 0.6 is 0 Å². The number of hydrogen-bond donors (Lipinski definition) is 0. The van der Waals surface area contributed by atoms with E-state index in [-0.39, 0.29) is 17.5 Å². The van der Waals surface area contributed by atoms with Gasteiger partial charge in [-0.05, 0) is 0 Å². The first-order chi connectivity index (χ1) is 14.5. The van der Waals surface area contributed by atoms with Crippen LogP contribution < -0.4 is 22.5 Å². The van der Waals surface area contributed by atoms with Crippen LogP contribution in [-0.2, 0) is 0 Å². The zero-order valence-corrected chi connectivity index (χ0v) is 22.1. The number of aromatic nitrogens is 3. The average molecular weight is 746 g/mol. The van der Waals surface area contributed by atoms with Gasteiger partial charge in [0.1, 0.15) is 0 Å². The van der Waals surface area contributed by atoms with Gasteiger partial charge in [0.2, 0.25) is 0 Å². The number of benzene rings is 3. The van der Waals surface area contributed by atoms with E-state index in [4.69, 9.17) is 15.0 Å². The number of hydrogen-bond acceptors (Lipinski definition) is 3. The van der Waals surface area contributed by atoms with Gasteiger partial charge in [0, 0.05) is 0 Å². The van der Waals surface area contributed by atoms with Crippen LogP contribution in [-0.4, -0.2) is 77.7 Å². The molecule has 0 spiro atoms. The SMILES string of the molecule is Fc1ccc([Te]c2nc([Te]c3ccc(F)cc3)nc([Te]c3ccc(F)cc3)n2)cc1. The molecule has 3 aromatic carbocycles. The van der Waals surface area contributed by atoms with Gasteiger partial charge in [-0.25, -0.2) is 0 Å². The second-order valence-electron chi connectivity index (χ2n) is 5.85. The number of nitrogens with zero attached hydrogens (tertiary/aromatic N) is 3. The summed E-state index contributed by atoms with van der Waals surface area (Å²) in [5, 5.41) is 0. The van der Waals surface area contributed by atoms with E-state index in [0.29, 0.717) is 0 Å². The summed E-state index contributed by atoms with van der Waals surface area (Å²) in [6.45, 7) is 0. The van der Waals surface area contributed by atoms with Gasteiger partial charge in [0.25, 0.3) is 0 Å². The molecule has 0 amide bonds. The zero-order chi connectivity index (χ0) is 20.9. The molecule has 0 aliphatic carbocycles. The van der Waals surface area contributed by atoms with Crippen molar-refractivity contribution >= 4 is 85.2 Å². The third kappa shape index (κ3) is 6.41. The molecule has 0 bridgehead atoms. The predicted molar refractivity (Wildman–Crippen MR) is 114 cm³/mol. The predicted octanol–water partition coefficient (Wildman–Crippen LogP) is -0.746. The van der Waals surface area contributed by atoms with Crippen molar-refractivity contribution < 1.29 is 13.2 Å². The topological polar surface area (TPSA) is 38.7 Å². The van der Waals surface area contributed by atoms with Crippen LogP contribution in [0.5, 0.6) is 0 Å². The van der Waals surface area contributed by atoms with E-state index in [1.807, 2.05) is 0 Å². The van der Waals surface area contributed by atoms with Gasteiger partial charge >= 0.3 is 204 Å². The molecule has 30 heavy (non-hydrogen) atoms. The van der Waals surface area contributed by atoms with E-state index in [9.17, 15) is 13.2 Å².